The highest BCUT2D eigenvalue weighted by Crippen LogP contribution is 2.16. The molecule has 0 rings (SSSR count). The van der Waals surface area contributed by atoms with E-state index < -0.39 is 16.1 Å². The third-order valence-electron chi connectivity index (χ3n) is 6.84. The molecule has 0 aliphatic carbocycles. The van der Waals surface area contributed by atoms with Gasteiger partial charge in [-0.3, -0.25) is 0 Å². The predicted octanol–water partition coefficient (Wildman–Crippen LogP) is 4.91. The highest BCUT2D eigenvalue weighted by Gasteiger charge is 2.22. The Labute approximate surface area is 242 Å². The van der Waals surface area contributed by atoms with Gasteiger partial charge in [-0.05, 0) is 64.4 Å². The molecule has 0 aliphatic rings. The van der Waals surface area contributed by atoms with E-state index in [2.05, 4.69) is 112 Å². The Balaban J connectivity index is -0.000000663. The van der Waals surface area contributed by atoms with Gasteiger partial charge in [0.2, 0.25) is 0 Å². The molecule has 0 radical (unpaired) electrons. The van der Waals surface area contributed by atoms with E-state index >= 15 is 0 Å². The first-order chi connectivity index (χ1) is 18.0. The Morgan fingerprint density at radius 2 is 0.842 bits per heavy atom. The van der Waals surface area contributed by atoms with Crippen LogP contribution in [0, 0.1) is 0 Å². The Morgan fingerprint density at radius 3 is 1.08 bits per heavy atom. The Hall–Kier alpha value is -0.326. The summed E-state index contributed by atoms with van der Waals surface area (Å²) >= 11 is 0. The van der Waals surface area contributed by atoms with Gasteiger partial charge in [0.25, 0.3) is 0 Å². The van der Waals surface area contributed by atoms with Crippen LogP contribution in [-0.2, 0) is 0 Å². The molecule has 0 fully saturated rings. The third-order valence-corrected chi connectivity index (χ3v) is 12.1. The van der Waals surface area contributed by atoms with Crippen molar-refractivity contribution in [3.63, 3.8) is 0 Å². The lowest BCUT2D eigenvalue weighted by Gasteiger charge is -2.30. The van der Waals surface area contributed by atoms with Crippen LogP contribution < -0.4 is 21.3 Å². The molecule has 0 heterocycles. The maximum absolute atomic E-state index is 3.69. The Morgan fingerprint density at radius 1 is 0.526 bits per heavy atom. The van der Waals surface area contributed by atoms with Crippen molar-refractivity contribution in [1.29, 1.82) is 0 Å². The smallest absolute Gasteiger partial charge is 0.0942 e. The van der Waals surface area contributed by atoms with E-state index in [-0.39, 0.29) is 0 Å². The lowest BCUT2D eigenvalue weighted by atomic mass is 10.4. The number of hydrogen-bond acceptors (Lipinski definition) is 6. The predicted molar refractivity (Wildman–Crippen MR) is 183 cm³/mol. The SMILES string of the molecule is C=C[Si](C)(C)C=C.CCNCCN(CC)CC[Si](C)(C)CCN(CC)CCNCC.CCNCCNCC. The van der Waals surface area contributed by atoms with Gasteiger partial charge in [-0.1, -0.05) is 79.1 Å². The highest BCUT2D eigenvalue weighted by molar-refractivity contribution is 6.86. The quantitative estimate of drug-likeness (QED) is 0.103. The van der Waals surface area contributed by atoms with Crippen molar-refractivity contribution in [1.82, 2.24) is 31.1 Å². The first-order valence-electron chi connectivity index (χ1n) is 15.6. The lowest BCUT2D eigenvalue weighted by molar-refractivity contribution is 0.296. The van der Waals surface area contributed by atoms with Crippen LogP contribution in [0.25, 0.3) is 0 Å². The van der Waals surface area contributed by atoms with E-state index in [1.165, 1.54) is 51.4 Å². The standard InChI is InChI=1S/C18H44N4Si.C6H16N2.C6H12Si/c1-7-19-11-13-21(9-3)15-17-23(5,6)18-16-22(10-4)14-12-20-8-2;1-3-7-5-6-8-4-2;1-5-7(3,4)6-2/h19-20H,7-18H2,1-6H3;7-8H,3-6H2,1-2H3;5-6H,1-2H2,3-4H3. The summed E-state index contributed by atoms with van der Waals surface area (Å²) < 4.78 is 0. The summed E-state index contributed by atoms with van der Waals surface area (Å²) in [7, 11) is -2.20. The number of rotatable bonds is 23. The molecular weight excluding hydrogens is 501 g/mol. The molecule has 0 aromatic heterocycles. The summed E-state index contributed by atoms with van der Waals surface area (Å²) in [6.45, 7) is 46.2. The van der Waals surface area contributed by atoms with Gasteiger partial charge in [-0.2, -0.15) is 0 Å². The zero-order valence-corrected chi connectivity index (χ0v) is 29.8. The van der Waals surface area contributed by atoms with Crippen LogP contribution >= 0.6 is 0 Å². The second-order valence-electron chi connectivity index (χ2n) is 11.2. The highest BCUT2D eigenvalue weighted by atomic mass is 28.3. The zero-order chi connectivity index (χ0) is 29.7. The monoisotopic (exact) mass is 573 g/mol. The molecule has 0 unspecified atom stereocenters. The van der Waals surface area contributed by atoms with Crippen LogP contribution in [0.1, 0.15) is 41.5 Å². The maximum Gasteiger partial charge on any atom is 0.0942 e. The second-order valence-corrected chi connectivity index (χ2v) is 21.0. The maximum atomic E-state index is 3.69. The van der Waals surface area contributed by atoms with Crippen molar-refractivity contribution in [3.05, 3.63) is 24.6 Å². The molecule has 38 heavy (non-hydrogen) atoms. The molecule has 0 amide bonds. The molecule has 8 heteroatoms. The summed E-state index contributed by atoms with van der Waals surface area (Å²) in [5.74, 6) is 0. The van der Waals surface area contributed by atoms with Gasteiger partial charge in [0.15, 0.2) is 0 Å². The van der Waals surface area contributed by atoms with Crippen molar-refractivity contribution < 1.29 is 0 Å². The summed E-state index contributed by atoms with van der Waals surface area (Å²) in [6.07, 6.45) is 0. The normalized spacial score (nSPS) is 11.6. The van der Waals surface area contributed by atoms with Crippen molar-refractivity contribution in [2.75, 3.05) is 91.6 Å². The lowest BCUT2D eigenvalue weighted by Crippen LogP contribution is -2.40. The average Bonchev–Trinajstić information content (AvgIpc) is 2.91. The van der Waals surface area contributed by atoms with E-state index in [1.807, 2.05) is 11.4 Å². The fourth-order valence-corrected chi connectivity index (χ4v) is 5.60. The number of nitrogens with zero attached hydrogens (tertiary/aromatic N) is 2. The number of nitrogens with one attached hydrogen (secondary N) is 4. The van der Waals surface area contributed by atoms with Gasteiger partial charge in [0.1, 0.15) is 0 Å². The van der Waals surface area contributed by atoms with E-state index in [4.69, 9.17) is 0 Å². The largest absolute Gasteiger partial charge is 0.316 e. The summed E-state index contributed by atoms with van der Waals surface area (Å²) in [6, 6.07) is 2.86. The molecular formula is C30H72N6Si2. The van der Waals surface area contributed by atoms with Crippen LogP contribution in [0.5, 0.6) is 0 Å². The summed E-state index contributed by atoms with van der Waals surface area (Å²) in [4.78, 5) is 5.22. The minimum Gasteiger partial charge on any atom is -0.316 e. The zero-order valence-electron chi connectivity index (χ0n) is 27.8. The molecule has 0 aliphatic heterocycles. The molecule has 0 saturated carbocycles. The van der Waals surface area contributed by atoms with Crippen LogP contribution in [0.15, 0.2) is 24.6 Å². The minimum atomic E-state index is -1.12. The van der Waals surface area contributed by atoms with Gasteiger partial charge in [0, 0.05) is 47.3 Å². The minimum absolute atomic E-state index is 1.07. The van der Waals surface area contributed by atoms with Crippen LogP contribution in [0.2, 0.25) is 38.3 Å². The van der Waals surface area contributed by atoms with Gasteiger partial charge in [-0.25, -0.2) is 0 Å². The average molecular weight is 573 g/mol. The van der Waals surface area contributed by atoms with Gasteiger partial charge in [0.05, 0.1) is 8.07 Å². The third kappa shape index (κ3) is 31.9. The first kappa shape index (κ1) is 42.1. The molecule has 0 atom stereocenters. The molecule has 4 N–H and O–H groups in total. The molecule has 230 valence electrons. The summed E-state index contributed by atoms with van der Waals surface area (Å²) in [5.41, 5.74) is 4.03. The van der Waals surface area contributed by atoms with Crippen molar-refractivity contribution >= 4 is 16.1 Å². The van der Waals surface area contributed by atoms with Crippen molar-refractivity contribution in [2.45, 2.75) is 79.8 Å². The van der Waals surface area contributed by atoms with Crippen LogP contribution in [0.4, 0.5) is 0 Å². The fourth-order valence-electron chi connectivity index (χ4n) is 3.34. The molecule has 6 nitrogen and oxygen atoms in total. The molecule has 0 aromatic rings. The second kappa shape index (κ2) is 29.7. The van der Waals surface area contributed by atoms with Crippen LogP contribution in [0.3, 0.4) is 0 Å². The number of likely N-dealkylation sites (N-methyl/N-ethyl adjacent to an activating group) is 6. The van der Waals surface area contributed by atoms with E-state index in [9.17, 15) is 0 Å². The van der Waals surface area contributed by atoms with E-state index in [1.54, 1.807) is 0 Å². The first-order valence-corrected chi connectivity index (χ1v) is 22.1. The Kier molecular flexibility index (Phi) is 32.9. The number of hydrogen-bond donors (Lipinski definition) is 4. The van der Waals surface area contributed by atoms with Gasteiger partial charge >= 0.3 is 0 Å². The van der Waals surface area contributed by atoms with Crippen molar-refractivity contribution in [3.8, 4) is 0 Å². The molecule has 0 saturated heterocycles. The Bertz CT molecular complexity index is 463. The fraction of sp³-hybridized carbons (Fsp3) is 0.867. The van der Waals surface area contributed by atoms with Crippen molar-refractivity contribution in [2.24, 2.45) is 0 Å². The van der Waals surface area contributed by atoms with E-state index in [0.717, 1.165) is 52.4 Å². The van der Waals surface area contributed by atoms with Crippen LogP contribution in [-0.4, -0.2) is 118 Å². The van der Waals surface area contributed by atoms with E-state index in [0.29, 0.717) is 0 Å². The molecule has 0 aromatic carbocycles. The van der Waals surface area contributed by atoms with Gasteiger partial charge in [-0.15, -0.1) is 13.2 Å². The molecule has 0 spiro atoms. The van der Waals surface area contributed by atoms with Gasteiger partial charge < -0.3 is 31.1 Å². The summed E-state index contributed by atoms with van der Waals surface area (Å²) in [5, 5.41) is 13.3. The topological polar surface area (TPSA) is 54.6 Å². The molecule has 0 bridgehead atoms.